The predicted octanol–water partition coefficient (Wildman–Crippen LogP) is 2.60. The molecule has 1 aromatic carbocycles. The Hall–Kier alpha value is -1.92. The molecule has 0 saturated heterocycles. The standard InChI is InChI=1S/C13H10ClN3O2S/c14-13-7-10(5-6-15-13)8-17-9-16-11-3-1-2-4-12(11)20(17,18)19/h1-7,9H,8H2. The summed E-state index contributed by atoms with van der Waals surface area (Å²) in [6.45, 7) is 0.169. The lowest BCUT2D eigenvalue weighted by Gasteiger charge is -2.23. The second-order valence-corrected chi connectivity index (χ2v) is 6.50. The molecular formula is C13H10ClN3O2S. The highest BCUT2D eigenvalue weighted by Gasteiger charge is 2.28. The number of pyridine rings is 1. The van der Waals surface area contributed by atoms with E-state index in [1.165, 1.54) is 10.6 Å². The molecule has 0 fully saturated rings. The largest absolute Gasteiger partial charge is 0.267 e. The highest BCUT2D eigenvalue weighted by atomic mass is 35.5. The molecule has 0 spiro atoms. The molecule has 1 aliphatic rings. The minimum Gasteiger partial charge on any atom is -0.252 e. The van der Waals surface area contributed by atoms with Gasteiger partial charge in [-0.2, -0.15) is 0 Å². The van der Waals surface area contributed by atoms with E-state index in [9.17, 15) is 8.42 Å². The number of nitrogens with zero attached hydrogens (tertiary/aromatic N) is 3. The van der Waals surface area contributed by atoms with Crippen molar-refractivity contribution in [2.75, 3.05) is 0 Å². The van der Waals surface area contributed by atoms with Gasteiger partial charge in [-0.15, -0.1) is 0 Å². The molecule has 0 atom stereocenters. The van der Waals surface area contributed by atoms with Crippen LogP contribution in [0.1, 0.15) is 5.56 Å². The van der Waals surface area contributed by atoms with E-state index in [-0.39, 0.29) is 11.4 Å². The van der Waals surface area contributed by atoms with Crippen molar-refractivity contribution in [1.82, 2.24) is 9.29 Å². The lowest BCUT2D eigenvalue weighted by atomic mass is 10.3. The number of hydrogen-bond acceptors (Lipinski definition) is 4. The molecule has 0 amide bonds. The number of sulfonamides is 1. The van der Waals surface area contributed by atoms with Crippen molar-refractivity contribution >= 4 is 33.7 Å². The number of rotatable bonds is 2. The van der Waals surface area contributed by atoms with Crippen LogP contribution < -0.4 is 0 Å². The fraction of sp³-hybridized carbons (Fsp3) is 0.0769. The molecule has 3 rings (SSSR count). The van der Waals surface area contributed by atoms with Crippen LogP contribution in [0.5, 0.6) is 0 Å². The number of para-hydroxylation sites is 1. The van der Waals surface area contributed by atoms with Crippen molar-refractivity contribution < 1.29 is 8.42 Å². The van der Waals surface area contributed by atoms with E-state index in [4.69, 9.17) is 11.6 Å². The summed E-state index contributed by atoms with van der Waals surface area (Å²) in [6, 6.07) is 10.0. The minimum absolute atomic E-state index is 0.169. The molecular weight excluding hydrogens is 298 g/mol. The van der Waals surface area contributed by atoms with Crippen molar-refractivity contribution in [3.05, 3.63) is 53.3 Å². The highest BCUT2D eigenvalue weighted by molar-refractivity contribution is 7.89. The van der Waals surface area contributed by atoms with E-state index in [2.05, 4.69) is 9.98 Å². The predicted molar refractivity (Wildman–Crippen MR) is 76.6 cm³/mol. The van der Waals surface area contributed by atoms with Gasteiger partial charge in [-0.05, 0) is 29.8 Å². The minimum atomic E-state index is -3.57. The molecule has 0 unspecified atom stereocenters. The second-order valence-electron chi connectivity index (χ2n) is 4.25. The zero-order valence-corrected chi connectivity index (χ0v) is 11.8. The van der Waals surface area contributed by atoms with Gasteiger partial charge in [0, 0.05) is 6.20 Å². The maximum atomic E-state index is 12.5. The first-order chi connectivity index (χ1) is 9.57. The van der Waals surface area contributed by atoms with Gasteiger partial charge in [0.25, 0.3) is 10.0 Å². The number of aliphatic imine (C=N–C) groups is 1. The third-order valence-electron chi connectivity index (χ3n) is 2.91. The Labute approximate surface area is 121 Å². The Morgan fingerprint density at radius 2 is 2.00 bits per heavy atom. The normalized spacial score (nSPS) is 15.9. The first-order valence-corrected chi connectivity index (χ1v) is 7.65. The number of benzene rings is 1. The third kappa shape index (κ3) is 2.28. The van der Waals surface area contributed by atoms with Crippen molar-refractivity contribution in [3.63, 3.8) is 0 Å². The zero-order valence-electron chi connectivity index (χ0n) is 10.3. The van der Waals surface area contributed by atoms with E-state index < -0.39 is 10.0 Å². The van der Waals surface area contributed by atoms with Gasteiger partial charge in [0.05, 0.1) is 12.2 Å². The molecule has 20 heavy (non-hydrogen) atoms. The van der Waals surface area contributed by atoms with Gasteiger partial charge in [0.15, 0.2) is 0 Å². The second kappa shape index (κ2) is 4.88. The molecule has 0 radical (unpaired) electrons. The van der Waals surface area contributed by atoms with Crippen LogP contribution in [0.2, 0.25) is 5.15 Å². The summed E-state index contributed by atoms with van der Waals surface area (Å²) in [6.07, 6.45) is 2.87. The molecule has 0 bridgehead atoms. The van der Waals surface area contributed by atoms with Crippen LogP contribution in [0.25, 0.3) is 0 Å². The molecule has 0 aliphatic carbocycles. The van der Waals surface area contributed by atoms with E-state index in [1.54, 1.807) is 42.6 Å². The summed E-state index contributed by atoms with van der Waals surface area (Å²) in [7, 11) is -3.57. The van der Waals surface area contributed by atoms with Gasteiger partial charge in [-0.25, -0.2) is 18.4 Å². The summed E-state index contributed by atoms with van der Waals surface area (Å²) < 4.78 is 26.2. The van der Waals surface area contributed by atoms with Gasteiger partial charge < -0.3 is 0 Å². The monoisotopic (exact) mass is 307 g/mol. The van der Waals surface area contributed by atoms with Crippen LogP contribution in [-0.4, -0.2) is 24.0 Å². The molecule has 2 heterocycles. The summed E-state index contributed by atoms with van der Waals surface area (Å²) in [4.78, 5) is 8.24. The van der Waals surface area contributed by atoms with E-state index >= 15 is 0 Å². The molecule has 1 aromatic heterocycles. The fourth-order valence-corrected chi connectivity index (χ4v) is 3.52. The Balaban J connectivity index is 1.98. The van der Waals surface area contributed by atoms with Gasteiger partial charge in [0.1, 0.15) is 16.4 Å². The summed E-state index contributed by atoms with van der Waals surface area (Å²) >= 11 is 5.80. The zero-order chi connectivity index (χ0) is 14.2. The van der Waals surface area contributed by atoms with Crippen LogP contribution >= 0.6 is 11.6 Å². The number of aromatic nitrogens is 1. The lowest BCUT2D eigenvalue weighted by Crippen LogP contribution is -2.31. The maximum Gasteiger partial charge on any atom is 0.267 e. The topological polar surface area (TPSA) is 62.6 Å². The molecule has 1 aliphatic heterocycles. The maximum absolute atomic E-state index is 12.5. The molecule has 7 heteroatoms. The van der Waals surface area contributed by atoms with Gasteiger partial charge in [-0.3, -0.25) is 4.31 Å². The van der Waals surface area contributed by atoms with Crippen LogP contribution in [-0.2, 0) is 16.6 Å². The first kappa shape index (κ1) is 13.1. The lowest BCUT2D eigenvalue weighted by molar-refractivity contribution is 0.521. The van der Waals surface area contributed by atoms with Crippen LogP contribution in [0.4, 0.5) is 5.69 Å². The highest BCUT2D eigenvalue weighted by Crippen LogP contribution is 2.30. The quantitative estimate of drug-likeness (QED) is 0.801. The number of fused-ring (bicyclic) bond motifs is 1. The molecule has 2 aromatic rings. The van der Waals surface area contributed by atoms with E-state index in [1.807, 2.05) is 0 Å². The number of halogens is 1. The van der Waals surface area contributed by atoms with Crippen molar-refractivity contribution in [2.45, 2.75) is 11.4 Å². The number of hydrogen-bond donors (Lipinski definition) is 0. The fourth-order valence-electron chi connectivity index (χ4n) is 1.94. The average Bonchev–Trinajstić information content (AvgIpc) is 2.42. The van der Waals surface area contributed by atoms with Gasteiger partial charge >= 0.3 is 0 Å². The third-order valence-corrected chi connectivity index (χ3v) is 4.86. The van der Waals surface area contributed by atoms with Crippen LogP contribution in [0.15, 0.2) is 52.5 Å². The van der Waals surface area contributed by atoms with Gasteiger partial charge in [0.2, 0.25) is 0 Å². The Bertz CT molecular complexity index is 790. The van der Waals surface area contributed by atoms with Gasteiger partial charge in [-0.1, -0.05) is 23.7 Å². The first-order valence-electron chi connectivity index (χ1n) is 5.83. The summed E-state index contributed by atoms with van der Waals surface area (Å²) in [5, 5.41) is 0.328. The van der Waals surface area contributed by atoms with Crippen molar-refractivity contribution in [2.24, 2.45) is 4.99 Å². The van der Waals surface area contributed by atoms with Crippen LogP contribution in [0.3, 0.4) is 0 Å². The smallest absolute Gasteiger partial charge is 0.252 e. The molecule has 0 N–H and O–H groups in total. The van der Waals surface area contributed by atoms with Crippen molar-refractivity contribution in [3.8, 4) is 0 Å². The van der Waals surface area contributed by atoms with Crippen LogP contribution in [0, 0.1) is 0 Å². The Morgan fingerprint density at radius 1 is 1.20 bits per heavy atom. The molecule has 0 saturated carbocycles. The summed E-state index contributed by atoms with van der Waals surface area (Å²) in [5.41, 5.74) is 1.20. The summed E-state index contributed by atoms with van der Waals surface area (Å²) in [5.74, 6) is 0. The Kier molecular flexibility index (Phi) is 3.19. The van der Waals surface area contributed by atoms with E-state index in [0.717, 1.165) is 5.56 Å². The molecule has 102 valence electrons. The molecule has 5 nitrogen and oxygen atoms in total. The average molecular weight is 308 g/mol. The van der Waals surface area contributed by atoms with Crippen molar-refractivity contribution in [1.29, 1.82) is 0 Å². The Morgan fingerprint density at radius 3 is 2.80 bits per heavy atom. The van der Waals surface area contributed by atoms with E-state index in [0.29, 0.717) is 10.8 Å². The SMILES string of the molecule is O=S1(=O)c2ccccc2N=CN1Cc1ccnc(Cl)c1.